The molecule has 0 aliphatic heterocycles. The summed E-state index contributed by atoms with van der Waals surface area (Å²) in [5.41, 5.74) is 0. The van der Waals surface area contributed by atoms with E-state index in [1.54, 1.807) is 6.92 Å². The van der Waals surface area contributed by atoms with Gasteiger partial charge in [-0.15, -0.1) is 0 Å². The van der Waals surface area contributed by atoms with Crippen LogP contribution < -0.4 is 0 Å². The molecule has 33 heavy (non-hydrogen) atoms. The van der Waals surface area contributed by atoms with Crippen LogP contribution in [-0.4, -0.2) is 11.6 Å². The first-order valence-corrected chi connectivity index (χ1v) is 15.1. The summed E-state index contributed by atoms with van der Waals surface area (Å²) in [6.45, 7) is 8.41. The molecule has 2 nitrogen and oxygen atoms in total. The van der Waals surface area contributed by atoms with Gasteiger partial charge in [0.05, 0.1) is 0 Å². The summed E-state index contributed by atoms with van der Waals surface area (Å²) in [6, 6.07) is 0. The zero-order valence-electron chi connectivity index (χ0n) is 23.5. The zero-order valence-corrected chi connectivity index (χ0v) is 23.5. The molecule has 198 valence electrons. The van der Waals surface area contributed by atoms with Crippen LogP contribution in [0.1, 0.15) is 188 Å². The largest absolute Gasteiger partial charge is 0.300 e. The van der Waals surface area contributed by atoms with Crippen molar-refractivity contribution in [2.24, 2.45) is 0 Å². The van der Waals surface area contributed by atoms with Crippen LogP contribution in [0.5, 0.6) is 0 Å². The van der Waals surface area contributed by atoms with Crippen molar-refractivity contribution in [1.82, 2.24) is 0 Å². The predicted molar refractivity (Wildman–Crippen MR) is 148 cm³/mol. The summed E-state index contributed by atoms with van der Waals surface area (Å²) in [7, 11) is 0. The topological polar surface area (TPSA) is 34.1 Å². The highest BCUT2D eigenvalue weighted by Gasteiger charge is 2.01. The van der Waals surface area contributed by atoms with E-state index in [1.165, 1.54) is 122 Å². The van der Waals surface area contributed by atoms with E-state index in [-0.39, 0.29) is 0 Å². The Hall–Kier alpha value is -0.660. The van der Waals surface area contributed by atoms with Crippen molar-refractivity contribution in [2.75, 3.05) is 0 Å². The number of rotatable bonds is 25. The Morgan fingerprint density at radius 1 is 0.364 bits per heavy atom. The van der Waals surface area contributed by atoms with Crippen LogP contribution in [0.3, 0.4) is 0 Å². The maximum atomic E-state index is 11.5. The van der Waals surface area contributed by atoms with Gasteiger partial charge in [0.2, 0.25) is 0 Å². The molecule has 0 heterocycles. The first-order valence-electron chi connectivity index (χ1n) is 15.1. The van der Waals surface area contributed by atoms with Crippen LogP contribution in [0.25, 0.3) is 0 Å². The number of Topliss-reactive ketones (excluding diaryl/α,β-unsaturated/α-hetero) is 2. The van der Waals surface area contributed by atoms with E-state index >= 15 is 0 Å². The number of carbonyl (C=O) groups is 2. The van der Waals surface area contributed by atoms with Crippen molar-refractivity contribution in [3.63, 3.8) is 0 Å². The van der Waals surface area contributed by atoms with E-state index in [9.17, 15) is 9.59 Å². The van der Waals surface area contributed by atoms with Gasteiger partial charge in [-0.05, 0) is 26.2 Å². The highest BCUT2D eigenvalue weighted by atomic mass is 16.1. The molecule has 0 aliphatic rings. The molecule has 0 aromatic rings. The van der Waals surface area contributed by atoms with Crippen LogP contribution in [0, 0.1) is 0 Å². The van der Waals surface area contributed by atoms with Gasteiger partial charge in [0, 0.05) is 19.3 Å². The second kappa shape index (κ2) is 31.3. The van der Waals surface area contributed by atoms with Gasteiger partial charge in [0.25, 0.3) is 0 Å². The highest BCUT2D eigenvalue weighted by molar-refractivity contribution is 5.78. The number of ketones is 2. The quantitative estimate of drug-likeness (QED) is 0.125. The zero-order chi connectivity index (χ0) is 24.8. The molecule has 0 amide bonds. The molecule has 0 aromatic heterocycles. The van der Waals surface area contributed by atoms with E-state index in [0.29, 0.717) is 11.6 Å². The third kappa shape index (κ3) is 36.1. The Morgan fingerprint density at radius 2 is 0.606 bits per heavy atom. The Balaban J connectivity index is 0. The van der Waals surface area contributed by atoms with E-state index in [2.05, 4.69) is 20.8 Å². The first kappa shape index (κ1) is 34.5. The van der Waals surface area contributed by atoms with Crippen LogP contribution in [-0.2, 0) is 9.59 Å². The van der Waals surface area contributed by atoms with E-state index in [0.717, 1.165) is 38.5 Å². The molecule has 0 aromatic carbocycles. The molecular formula is C31H62O2. The van der Waals surface area contributed by atoms with E-state index in [4.69, 9.17) is 0 Å². The van der Waals surface area contributed by atoms with Crippen molar-refractivity contribution < 1.29 is 9.59 Å². The van der Waals surface area contributed by atoms with Crippen molar-refractivity contribution >= 4 is 11.6 Å². The molecule has 0 radical (unpaired) electrons. The molecule has 0 rings (SSSR count). The summed E-state index contributed by atoms with van der Waals surface area (Å²) in [6.07, 6.45) is 31.4. The number of unbranched alkanes of at least 4 members (excludes halogenated alkanes) is 19. The Bertz CT molecular complexity index is 372. The van der Waals surface area contributed by atoms with E-state index < -0.39 is 0 Å². The molecule has 0 saturated carbocycles. The standard InChI is InChI=1S/C16H32O.C15H30O/c1-3-4-5-6-7-8-9-10-11-12-13-14-15-16(2)17;1-3-5-7-9-11-13-15(16)14-12-10-8-6-4-2/h3-15H2,1-2H3;3-14H2,1-2H3. The van der Waals surface area contributed by atoms with Gasteiger partial charge in [-0.25, -0.2) is 0 Å². The lowest BCUT2D eigenvalue weighted by Crippen LogP contribution is -1.97. The normalized spacial score (nSPS) is 10.7. The van der Waals surface area contributed by atoms with E-state index in [1.807, 2.05) is 0 Å². The number of carbonyl (C=O) groups excluding carboxylic acids is 2. The minimum atomic E-state index is 0.345. The van der Waals surface area contributed by atoms with Gasteiger partial charge in [0.1, 0.15) is 11.6 Å². The summed E-state index contributed by atoms with van der Waals surface area (Å²) in [5, 5.41) is 0. The Labute approximate surface area is 209 Å². The molecule has 0 N–H and O–H groups in total. The first-order chi connectivity index (χ1) is 16.1. The fraction of sp³-hybridized carbons (Fsp3) is 0.935. The second-order valence-corrected chi connectivity index (χ2v) is 10.2. The highest BCUT2D eigenvalue weighted by Crippen LogP contribution is 2.13. The third-order valence-corrected chi connectivity index (χ3v) is 6.50. The third-order valence-electron chi connectivity index (χ3n) is 6.50. The van der Waals surface area contributed by atoms with Crippen LogP contribution in [0.2, 0.25) is 0 Å². The monoisotopic (exact) mass is 466 g/mol. The van der Waals surface area contributed by atoms with Crippen LogP contribution in [0.15, 0.2) is 0 Å². The minimum absolute atomic E-state index is 0.345. The Kier molecular flexibility index (Phi) is 32.8. The second-order valence-electron chi connectivity index (χ2n) is 10.2. The van der Waals surface area contributed by atoms with Gasteiger partial charge in [-0.1, -0.05) is 143 Å². The minimum Gasteiger partial charge on any atom is -0.300 e. The number of hydrogen-bond donors (Lipinski definition) is 0. The van der Waals surface area contributed by atoms with Crippen LogP contribution in [0.4, 0.5) is 0 Å². The van der Waals surface area contributed by atoms with Gasteiger partial charge in [-0.3, -0.25) is 4.79 Å². The molecule has 0 bridgehead atoms. The lowest BCUT2D eigenvalue weighted by atomic mass is 10.0. The summed E-state index contributed by atoms with van der Waals surface area (Å²) in [4.78, 5) is 22.2. The average molecular weight is 467 g/mol. The number of hydrogen-bond acceptors (Lipinski definition) is 2. The van der Waals surface area contributed by atoms with Crippen molar-refractivity contribution in [3.8, 4) is 0 Å². The SMILES string of the molecule is CCCCCCCC(=O)CCCCCCC.CCCCCCCCCCCCCCC(C)=O. The Morgan fingerprint density at radius 3 is 0.879 bits per heavy atom. The predicted octanol–water partition coefficient (Wildman–Crippen LogP) is 10.9. The molecule has 0 aliphatic carbocycles. The fourth-order valence-corrected chi connectivity index (χ4v) is 4.19. The lowest BCUT2D eigenvalue weighted by molar-refractivity contribution is -0.119. The molecule has 0 atom stereocenters. The van der Waals surface area contributed by atoms with Gasteiger partial charge >= 0.3 is 0 Å². The lowest BCUT2D eigenvalue weighted by Gasteiger charge is -2.02. The maximum absolute atomic E-state index is 11.5. The van der Waals surface area contributed by atoms with Gasteiger partial charge in [0.15, 0.2) is 0 Å². The molecule has 2 heteroatoms. The van der Waals surface area contributed by atoms with Crippen molar-refractivity contribution in [2.45, 2.75) is 188 Å². The molecule has 0 spiro atoms. The molecule has 0 unspecified atom stereocenters. The maximum Gasteiger partial charge on any atom is 0.132 e. The summed E-state index contributed by atoms with van der Waals surface area (Å²) in [5.74, 6) is 0.838. The molecule has 0 fully saturated rings. The van der Waals surface area contributed by atoms with Gasteiger partial charge < -0.3 is 4.79 Å². The molecule has 0 saturated heterocycles. The van der Waals surface area contributed by atoms with Crippen molar-refractivity contribution in [1.29, 1.82) is 0 Å². The fourth-order valence-electron chi connectivity index (χ4n) is 4.19. The summed E-state index contributed by atoms with van der Waals surface area (Å²) >= 11 is 0. The smallest absolute Gasteiger partial charge is 0.132 e. The average Bonchev–Trinajstić information content (AvgIpc) is 2.80. The van der Waals surface area contributed by atoms with Crippen LogP contribution >= 0.6 is 0 Å². The van der Waals surface area contributed by atoms with Gasteiger partial charge in [-0.2, -0.15) is 0 Å². The van der Waals surface area contributed by atoms with Crippen molar-refractivity contribution in [3.05, 3.63) is 0 Å². The molecular weight excluding hydrogens is 404 g/mol. The summed E-state index contributed by atoms with van der Waals surface area (Å²) < 4.78 is 0.